The monoisotopic (exact) mass is 948 g/mol. The van der Waals surface area contributed by atoms with E-state index >= 15 is 0 Å². The van der Waals surface area contributed by atoms with E-state index in [1.807, 2.05) is 60.7 Å². The lowest BCUT2D eigenvalue weighted by molar-refractivity contribution is 1.16. The Morgan fingerprint density at radius 2 is 0.527 bits per heavy atom. The minimum absolute atomic E-state index is 0.641. The molecular formula is C64H40N10. The van der Waals surface area contributed by atoms with E-state index in [2.05, 4.69) is 163 Å². The Kier molecular flexibility index (Phi) is 10.2. The topological polar surface area (TPSA) is 113 Å². The Hall–Kier alpha value is -10.3. The molecule has 0 spiro atoms. The van der Waals surface area contributed by atoms with Gasteiger partial charge in [0.2, 0.25) is 0 Å². The Morgan fingerprint density at radius 1 is 0.230 bits per heavy atom. The Bertz CT molecular complexity index is 3990. The van der Waals surface area contributed by atoms with Crippen molar-refractivity contribution >= 4 is 43.6 Å². The van der Waals surface area contributed by atoms with Gasteiger partial charge in [0.25, 0.3) is 0 Å². The molecular weight excluding hydrogens is 909 g/mol. The van der Waals surface area contributed by atoms with Gasteiger partial charge in [-0.25, -0.2) is 19.9 Å². The van der Waals surface area contributed by atoms with Gasteiger partial charge in [-0.1, -0.05) is 60.7 Å². The smallest absolute Gasteiger partial charge is 0.160 e. The van der Waals surface area contributed by atoms with Crippen LogP contribution in [0.15, 0.2) is 244 Å². The van der Waals surface area contributed by atoms with Crippen LogP contribution in [0.5, 0.6) is 0 Å². The quantitative estimate of drug-likeness (QED) is 0.141. The van der Waals surface area contributed by atoms with Gasteiger partial charge in [-0.15, -0.1) is 0 Å². The van der Waals surface area contributed by atoms with E-state index in [4.69, 9.17) is 19.9 Å². The normalized spacial score (nSPS) is 11.5. The van der Waals surface area contributed by atoms with Crippen molar-refractivity contribution in [3.8, 4) is 90.3 Å². The molecule has 0 saturated heterocycles. The van der Waals surface area contributed by atoms with Gasteiger partial charge in [0.15, 0.2) is 11.6 Å². The number of para-hydroxylation sites is 2. The van der Waals surface area contributed by atoms with Gasteiger partial charge in [-0.05, 0) is 145 Å². The number of hydrogen-bond donors (Lipinski definition) is 0. The van der Waals surface area contributed by atoms with E-state index < -0.39 is 0 Å². The minimum atomic E-state index is 0.641. The fourth-order valence-corrected chi connectivity index (χ4v) is 10.2. The summed E-state index contributed by atoms with van der Waals surface area (Å²) in [7, 11) is 0. The summed E-state index contributed by atoms with van der Waals surface area (Å²) < 4.78 is 4.73. The first-order valence-electron chi connectivity index (χ1n) is 24.4. The second-order valence-corrected chi connectivity index (χ2v) is 18.1. The zero-order valence-corrected chi connectivity index (χ0v) is 39.6. The molecule has 10 heteroatoms. The van der Waals surface area contributed by atoms with Crippen LogP contribution in [-0.2, 0) is 0 Å². The first-order valence-corrected chi connectivity index (χ1v) is 24.4. The lowest BCUT2D eigenvalue weighted by atomic mass is 10.0. The maximum absolute atomic E-state index is 5.07. The molecule has 74 heavy (non-hydrogen) atoms. The largest absolute Gasteiger partial charge is 0.309 e. The summed E-state index contributed by atoms with van der Waals surface area (Å²) in [6.07, 6.45) is 14.3. The zero-order chi connectivity index (χ0) is 49.0. The second-order valence-electron chi connectivity index (χ2n) is 18.1. The third kappa shape index (κ3) is 7.53. The maximum atomic E-state index is 5.07. The summed E-state index contributed by atoms with van der Waals surface area (Å²) >= 11 is 0. The van der Waals surface area contributed by atoms with E-state index in [9.17, 15) is 0 Å². The number of aromatic nitrogens is 10. The lowest BCUT2D eigenvalue weighted by Crippen LogP contribution is -1.98. The molecule has 0 unspecified atom stereocenters. The molecule has 14 rings (SSSR count). The van der Waals surface area contributed by atoms with E-state index in [0.29, 0.717) is 11.6 Å². The summed E-state index contributed by atoms with van der Waals surface area (Å²) in [4.78, 5) is 37.2. The summed E-state index contributed by atoms with van der Waals surface area (Å²) in [6.45, 7) is 0. The number of fused-ring (bicyclic) bond motifs is 6. The molecule has 8 heterocycles. The Morgan fingerprint density at radius 3 is 0.865 bits per heavy atom. The molecule has 10 nitrogen and oxygen atoms in total. The highest BCUT2D eigenvalue weighted by Crippen LogP contribution is 2.39. The molecule has 6 aromatic carbocycles. The number of rotatable bonds is 9. The van der Waals surface area contributed by atoms with E-state index in [1.165, 1.54) is 21.5 Å². The molecule has 0 radical (unpaired) electrons. The molecule has 14 aromatic rings. The highest BCUT2D eigenvalue weighted by atomic mass is 15.0. The van der Waals surface area contributed by atoms with E-state index in [-0.39, 0.29) is 0 Å². The molecule has 346 valence electrons. The molecule has 0 aliphatic rings. The molecule has 0 atom stereocenters. The third-order valence-electron chi connectivity index (χ3n) is 13.8. The average Bonchev–Trinajstić information content (AvgIpc) is 4.00. The highest BCUT2D eigenvalue weighted by molar-refractivity contribution is 6.12. The van der Waals surface area contributed by atoms with Gasteiger partial charge in [0.05, 0.1) is 44.8 Å². The number of nitrogens with zero attached hydrogens (tertiary/aromatic N) is 10. The van der Waals surface area contributed by atoms with Crippen molar-refractivity contribution in [2.75, 3.05) is 0 Å². The Labute approximate surface area is 424 Å². The lowest BCUT2D eigenvalue weighted by Gasteiger charge is -2.12. The number of pyridine rings is 4. The fourth-order valence-electron chi connectivity index (χ4n) is 10.2. The summed E-state index contributed by atoms with van der Waals surface area (Å²) in [5.41, 5.74) is 17.8. The van der Waals surface area contributed by atoms with Crippen molar-refractivity contribution < 1.29 is 0 Å². The minimum Gasteiger partial charge on any atom is -0.309 e. The van der Waals surface area contributed by atoms with Gasteiger partial charge >= 0.3 is 0 Å². The van der Waals surface area contributed by atoms with Crippen molar-refractivity contribution in [3.63, 3.8) is 0 Å². The zero-order valence-electron chi connectivity index (χ0n) is 39.6. The van der Waals surface area contributed by atoms with Gasteiger partial charge in [-0.3, -0.25) is 19.9 Å². The molecule has 8 aromatic heterocycles. The molecule has 0 N–H and O–H groups in total. The molecule has 0 bridgehead atoms. The van der Waals surface area contributed by atoms with Gasteiger partial charge in [-0.2, -0.15) is 0 Å². The fraction of sp³-hybridized carbons (Fsp3) is 0. The van der Waals surface area contributed by atoms with Crippen LogP contribution in [0.4, 0.5) is 0 Å². The van der Waals surface area contributed by atoms with Crippen LogP contribution in [0.1, 0.15) is 0 Å². The molecule has 0 amide bonds. The van der Waals surface area contributed by atoms with Crippen molar-refractivity contribution in [1.82, 2.24) is 49.0 Å². The van der Waals surface area contributed by atoms with E-state index in [1.54, 1.807) is 49.6 Å². The number of hydrogen-bond acceptors (Lipinski definition) is 8. The average molecular weight is 949 g/mol. The first-order chi connectivity index (χ1) is 36.7. The van der Waals surface area contributed by atoms with Crippen LogP contribution in [0, 0.1) is 0 Å². The van der Waals surface area contributed by atoms with Crippen molar-refractivity contribution in [2.45, 2.75) is 0 Å². The molecule has 0 saturated carbocycles. The van der Waals surface area contributed by atoms with Crippen LogP contribution in [-0.4, -0.2) is 49.0 Å². The Balaban J connectivity index is 0.852. The van der Waals surface area contributed by atoms with Crippen molar-refractivity contribution in [3.05, 3.63) is 244 Å². The van der Waals surface area contributed by atoms with Crippen LogP contribution in [0.2, 0.25) is 0 Å². The van der Waals surface area contributed by atoms with Gasteiger partial charge in [0, 0.05) is 116 Å². The number of benzene rings is 6. The standard InChI is InChI=1S/C64H40N10/c1-3-7-59-51(5-1)53-19-13-47(37-61(53)73(59)49-15-9-45(10-16-49)63-69-55(41-21-29-65-30-22-41)39-56(70-63)42-23-31-66-32-24-42)48-14-20-54-52-6-2-4-8-60(52)74(62(54)38-48)50-17-11-46(12-18-50)64-71-57(43-25-33-67-34-26-43)40-58(72-64)44-27-35-68-36-28-44/h1-40H. The van der Waals surface area contributed by atoms with Crippen molar-refractivity contribution in [1.29, 1.82) is 0 Å². The van der Waals surface area contributed by atoms with Crippen LogP contribution >= 0.6 is 0 Å². The highest BCUT2D eigenvalue weighted by Gasteiger charge is 2.19. The summed E-state index contributed by atoms with van der Waals surface area (Å²) in [6, 6.07) is 67.9. The van der Waals surface area contributed by atoms with Crippen molar-refractivity contribution in [2.24, 2.45) is 0 Å². The van der Waals surface area contributed by atoms with E-state index in [0.717, 1.165) is 101 Å². The first kappa shape index (κ1) is 42.5. The molecule has 0 aliphatic carbocycles. The van der Waals surface area contributed by atoms with Gasteiger partial charge < -0.3 is 9.13 Å². The predicted molar refractivity (Wildman–Crippen MR) is 296 cm³/mol. The predicted octanol–water partition coefficient (Wildman–Crippen LogP) is 14.7. The van der Waals surface area contributed by atoms with Gasteiger partial charge in [0.1, 0.15) is 0 Å². The molecule has 0 fully saturated rings. The summed E-state index contributed by atoms with van der Waals surface area (Å²) in [5, 5.41) is 4.75. The van der Waals surface area contributed by atoms with Crippen LogP contribution < -0.4 is 0 Å². The van der Waals surface area contributed by atoms with Crippen LogP contribution in [0.3, 0.4) is 0 Å². The second kappa shape index (κ2) is 17.8. The third-order valence-corrected chi connectivity index (χ3v) is 13.8. The van der Waals surface area contributed by atoms with Crippen LogP contribution in [0.25, 0.3) is 134 Å². The molecule has 0 aliphatic heterocycles. The maximum Gasteiger partial charge on any atom is 0.160 e. The SMILES string of the molecule is c1ccc2c(c1)c1ccc(-c3ccc4c5ccccc5n(-c5ccc(-c6nc(-c7ccncc7)cc(-c7ccncc7)n6)cc5)c4c3)cc1n2-c1ccc(-c2nc(-c3ccncc3)cc(-c3ccncc3)n2)cc1. The summed E-state index contributed by atoms with van der Waals surface area (Å²) in [5.74, 6) is 1.28.